The molecule has 0 bridgehead atoms. The van der Waals surface area contributed by atoms with Gasteiger partial charge in [-0.05, 0) is 23.8 Å². The molecular weight excluding hydrogens is 302 g/mol. The van der Waals surface area contributed by atoms with Gasteiger partial charge in [0.2, 0.25) is 11.5 Å². The summed E-state index contributed by atoms with van der Waals surface area (Å²) in [6.45, 7) is 0. The van der Waals surface area contributed by atoms with Crippen molar-refractivity contribution in [3.63, 3.8) is 0 Å². The van der Waals surface area contributed by atoms with Gasteiger partial charge in [0.25, 0.3) is 0 Å². The maximum atomic E-state index is 12.1. The smallest absolute Gasteiger partial charge is 0.318 e. The number of hydrogen-bond donors (Lipinski definition) is 0. The summed E-state index contributed by atoms with van der Waals surface area (Å²) in [6.07, 6.45) is 3.96. The highest BCUT2D eigenvalue weighted by molar-refractivity contribution is 6.08. The Morgan fingerprint density at radius 2 is 2.00 bits per heavy atom. The third-order valence-electron chi connectivity index (χ3n) is 3.07. The molecule has 1 aromatic heterocycles. The number of rotatable bonds is 6. The number of aryl methyl sites for hydroxylation is 1. The van der Waals surface area contributed by atoms with Crippen molar-refractivity contribution in [2.24, 2.45) is 7.05 Å². The van der Waals surface area contributed by atoms with E-state index in [1.54, 1.807) is 18.2 Å². The van der Waals surface area contributed by atoms with E-state index in [2.05, 4.69) is 5.10 Å². The second-order valence-corrected chi connectivity index (χ2v) is 4.61. The molecule has 0 aliphatic carbocycles. The van der Waals surface area contributed by atoms with Crippen molar-refractivity contribution in [1.29, 1.82) is 0 Å². The lowest BCUT2D eigenvalue weighted by atomic mass is 10.1. The van der Waals surface area contributed by atoms with Crippen molar-refractivity contribution >= 4 is 17.5 Å². The van der Waals surface area contributed by atoms with Crippen LogP contribution in [0.3, 0.4) is 0 Å². The van der Waals surface area contributed by atoms with E-state index in [1.807, 2.05) is 0 Å². The normalized spacial score (nSPS) is 10.7. The van der Waals surface area contributed by atoms with Crippen molar-refractivity contribution in [3.8, 4) is 11.5 Å². The van der Waals surface area contributed by atoms with Gasteiger partial charge in [-0.2, -0.15) is 5.10 Å². The number of aromatic nitrogens is 2. The lowest BCUT2D eigenvalue weighted by molar-refractivity contribution is -0.385. The van der Waals surface area contributed by atoms with Crippen LogP contribution in [0, 0.1) is 10.1 Å². The fraction of sp³-hybridized carbons (Fsp3) is 0.200. The van der Waals surface area contributed by atoms with Crippen molar-refractivity contribution in [2.45, 2.75) is 0 Å². The first-order valence-corrected chi connectivity index (χ1v) is 6.58. The van der Waals surface area contributed by atoms with E-state index in [0.717, 1.165) is 0 Å². The van der Waals surface area contributed by atoms with E-state index in [-0.39, 0.29) is 11.4 Å². The van der Waals surface area contributed by atoms with Crippen molar-refractivity contribution in [1.82, 2.24) is 9.78 Å². The minimum Gasteiger partial charge on any atom is -0.493 e. The fourth-order valence-corrected chi connectivity index (χ4v) is 1.99. The number of nitro groups is 1. The van der Waals surface area contributed by atoms with Crippen LogP contribution < -0.4 is 9.47 Å². The number of benzene rings is 1. The number of carbonyl (C=O) groups excluding carboxylic acids is 1. The molecule has 0 spiro atoms. The third kappa shape index (κ3) is 3.54. The van der Waals surface area contributed by atoms with Gasteiger partial charge in [0.15, 0.2) is 11.5 Å². The topological polar surface area (TPSA) is 96.5 Å². The second kappa shape index (κ2) is 6.73. The zero-order valence-corrected chi connectivity index (χ0v) is 12.8. The molecule has 0 unspecified atom stereocenters. The first-order valence-electron chi connectivity index (χ1n) is 6.58. The van der Waals surface area contributed by atoms with Gasteiger partial charge in [0, 0.05) is 7.05 Å². The van der Waals surface area contributed by atoms with Crippen LogP contribution in [0.1, 0.15) is 16.1 Å². The number of hydrogen-bond acceptors (Lipinski definition) is 6. The SMILES string of the molecule is COc1ccc(/C=C/C(=O)c2nn(C)cc2[N+](=O)[O-])cc1OC. The molecule has 120 valence electrons. The molecular formula is C15H15N3O5. The molecule has 8 nitrogen and oxygen atoms in total. The van der Waals surface area contributed by atoms with Crippen LogP contribution in [0.15, 0.2) is 30.5 Å². The average molecular weight is 317 g/mol. The van der Waals surface area contributed by atoms with Crippen molar-refractivity contribution < 1.29 is 19.2 Å². The third-order valence-corrected chi connectivity index (χ3v) is 3.07. The molecule has 8 heteroatoms. The van der Waals surface area contributed by atoms with E-state index < -0.39 is 10.7 Å². The monoisotopic (exact) mass is 317 g/mol. The van der Waals surface area contributed by atoms with Gasteiger partial charge in [0.1, 0.15) is 6.20 Å². The van der Waals surface area contributed by atoms with E-state index in [9.17, 15) is 14.9 Å². The Balaban J connectivity index is 2.27. The number of methoxy groups -OCH3 is 2. The maximum Gasteiger partial charge on any atom is 0.318 e. The Bertz CT molecular complexity index is 779. The van der Waals surface area contributed by atoms with Gasteiger partial charge >= 0.3 is 5.69 Å². The first-order chi connectivity index (χ1) is 11.0. The first kappa shape index (κ1) is 16.2. The molecule has 0 saturated carbocycles. The molecule has 2 rings (SSSR count). The zero-order valence-electron chi connectivity index (χ0n) is 12.8. The zero-order chi connectivity index (χ0) is 17.0. The van der Waals surface area contributed by atoms with E-state index >= 15 is 0 Å². The van der Waals surface area contributed by atoms with Gasteiger partial charge < -0.3 is 9.47 Å². The summed E-state index contributed by atoms with van der Waals surface area (Å²) in [5.41, 5.74) is 0.165. The Morgan fingerprint density at radius 3 is 2.61 bits per heavy atom. The molecule has 0 radical (unpaired) electrons. The van der Waals surface area contributed by atoms with Gasteiger partial charge in [-0.25, -0.2) is 0 Å². The van der Waals surface area contributed by atoms with Crippen molar-refractivity contribution in [3.05, 3.63) is 51.8 Å². The lowest BCUT2D eigenvalue weighted by Gasteiger charge is -2.07. The predicted octanol–water partition coefficient (Wildman–Crippen LogP) is 2.24. The van der Waals surface area contributed by atoms with Crippen LogP contribution in [0.4, 0.5) is 5.69 Å². The number of ketones is 1. The van der Waals surface area contributed by atoms with Crippen LogP contribution >= 0.6 is 0 Å². The fourth-order valence-electron chi connectivity index (χ4n) is 1.99. The molecule has 0 aliphatic rings. The van der Waals surface area contributed by atoms with Gasteiger partial charge in [-0.3, -0.25) is 19.6 Å². The summed E-state index contributed by atoms with van der Waals surface area (Å²) in [5, 5.41) is 14.7. The highest BCUT2D eigenvalue weighted by Crippen LogP contribution is 2.28. The lowest BCUT2D eigenvalue weighted by Crippen LogP contribution is -2.01. The highest BCUT2D eigenvalue weighted by atomic mass is 16.6. The van der Waals surface area contributed by atoms with E-state index in [4.69, 9.17) is 9.47 Å². The maximum absolute atomic E-state index is 12.1. The second-order valence-electron chi connectivity index (χ2n) is 4.61. The summed E-state index contributed by atoms with van der Waals surface area (Å²) in [4.78, 5) is 22.4. The summed E-state index contributed by atoms with van der Waals surface area (Å²) >= 11 is 0. The Hall–Kier alpha value is -3.16. The molecule has 0 fully saturated rings. The molecule has 23 heavy (non-hydrogen) atoms. The van der Waals surface area contributed by atoms with Gasteiger partial charge in [0.05, 0.1) is 19.1 Å². The standard InChI is InChI=1S/C15H15N3O5/c1-17-9-11(18(20)21)15(16-17)12(19)6-4-10-5-7-13(22-2)14(8-10)23-3/h4-9H,1-3H3/b6-4+. The molecule has 0 N–H and O–H groups in total. The number of carbonyl (C=O) groups is 1. The van der Waals surface area contributed by atoms with E-state index in [1.165, 1.54) is 44.3 Å². The summed E-state index contributed by atoms with van der Waals surface area (Å²) in [6, 6.07) is 5.12. The Labute approximate surface area is 132 Å². The van der Waals surface area contributed by atoms with Crippen LogP contribution in [0.2, 0.25) is 0 Å². The summed E-state index contributed by atoms with van der Waals surface area (Å²) in [5.74, 6) is 0.536. The van der Waals surface area contributed by atoms with Crippen molar-refractivity contribution in [2.75, 3.05) is 14.2 Å². The molecule has 1 aromatic carbocycles. The molecule has 2 aromatic rings. The van der Waals surface area contributed by atoms with Crippen LogP contribution in [-0.2, 0) is 7.05 Å². The Kier molecular flexibility index (Phi) is 4.75. The summed E-state index contributed by atoms with van der Waals surface area (Å²) in [7, 11) is 4.55. The average Bonchev–Trinajstić information content (AvgIpc) is 2.94. The molecule has 0 saturated heterocycles. The molecule has 1 heterocycles. The van der Waals surface area contributed by atoms with Gasteiger partial charge in [-0.15, -0.1) is 0 Å². The van der Waals surface area contributed by atoms with Crippen LogP contribution in [-0.4, -0.2) is 34.7 Å². The molecule has 0 aliphatic heterocycles. The largest absolute Gasteiger partial charge is 0.493 e. The quantitative estimate of drug-likeness (QED) is 0.351. The van der Waals surface area contributed by atoms with E-state index in [0.29, 0.717) is 17.1 Å². The number of allylic oxidation sites excluding steroid dienone is 1. The number of nitrogens with zero attached hydrogens (tertiary/aromatic N) is 3. The predicted molar refractivity (Wildman–Crippen MR) is 82.8 cm³/mol. The molecule has 0 atom stereocenters. The highest BCUT2D eigenvalue weighted by Gasteiger charge is 2.22. The molecule has 0 amide bonds. The summed E-state index contributed by atoms with van der Waals surface area (Å²) < 4.78 is 11.5. The number of ether oxygens (including phenoxy) is 2. The van der Waals surface area contributed by atoms with Crippen LogP contribution in [0.5, 0.6) is 11.5 Å². The Morgan fingerprint density at radius 1 is 1.30 bits per heavy atom. The van der Waals surface area contributed by atoms with Crippen LogP contribution in [0.25, 0.3) is 6.08 Å². The minimum absolute atomic E-state index is 0.200. The van der Waals surface area contributed by atoms with Gasteiger partial charge in [-0.1, -0.05) is 12.1 Å². The minimum atomic E-state index is -0.634.